The minimum atomic E-state index is -0.463. The van der Waals surface area contributed by atoms with Gasteiger partial charge in [-0.15, -0.1) is 0 Å². The Morgan fingerprint density at radius 3 is 2.78 bits per heavy atom. The molecule has 2 fully saturated rings. The molecule has 0 spiro atoms. The number of piperazine rings is 2. The highest BCUT2D eigenvalue weighted by Crippen LogP contribution is 2.44. The number of amides is 2. The lowest BCUT2D eigenvalue weighted by atomic mass is 10.0. The predicted octanol–water partition coefficient (Wildman–Crippen LogP) is 2.96. The van der Waals surface area contributed by atoms with Crippen molar-refractivity contribution in [2.75, 3.05) is 44.2 Å². The number of halogens is 2. The molecule has 2 amide bonds. The van der Waals surface area contributed by atoms with Crippen LogP contribution >= 0.6 is 11.6 Å². The van der Waals surface area contributed by atoms with Crippen molar-refractivity contribution in [3.63, 3.8) is 0 Å². The van der Waals surface area contributed by atoms with Gasteiger partial charge in [0.1, 0.15) is 28.8 Å². The summed E-state index contributed by atoms with van der Waals surface area (Å²) in [6, 6.07) is 6.09. The Labute approximate surface area is 214 Å². The zero-order valence-electron chi connectivity index (χ0n) is 20.3. The molecule has 190 valence electrons. The maximum atomic E-state index is 14.9. The number of benzene rings is 1. The van der Waals surface area contributed by atoms with Crippen molar-refractivity contribution in [1.29, 1.82) is 0 Å². The van der Waals surface area contributed by atoms with Crippen LogP contribution < -0.4 is 15.0 Å². The Bertz CT molecular complexity index is 1220. The second-order valence-electron chi connectivity index (χ2n) is 9.41. The second kappa shape index (κ2) is 9.71. The third-order valence-corrected chi connectivity index (χ3v) is 7.73. The number of anilines is 1. The number of pyridine rings is 1. The topological polar surface area (TPSA) is 78.0 Å². The molecule has 1 aromatic carbocycles. The van der Waals surface area contributed by atoms with Crippen LogP contribution in [0.5, 0.6) is 5.75 Å². The first kappa shape index (κ1) is 24.5. The van der Waals surface area contributed by atoms with Gasteiger partial charge in [-0.05, 0) is 32.1 Å². The lowest BCUT2D eigenvalue weighted by molar-refractivity contribution is -0.128. The Morgan fingerprint density at radius 1 is 1.25 bits per heavy atom. The minimum absolute atomic E-state index is 0.0129. The fraction of sp³-hybridized carbons (Fsp3) is 0.423. The third kappa shape index (κ3) is 4.10. The number of hydrogen-bond acceptors (Lipinski definition) is 6. The number of fused-ring (bicyclic) bond motifs is 2. The molecule has 2 aromatic rings. The van der Waals surface area contributed by atoms with Crippen molar-refractivity contribution in [2.24, 2.45) is 0 Å². The molecule has 5 rings (SSSR count). The number of rotatable bonds is 3. The summed E-state index contributed by atoms with van der Waals surface area (Å²) in [4.78, 5) is 36.6. The van der Waals surface area contributed by atoms with Crippen molar-refractivity contribution in [1.82, 2.24) is 20.1 Å². The lowest BCUT2D eigenvalue weighted by Gasteiger charge is -2.41. The summed E-state index contributed by atoms with van der Waals surface area (Å²) >= 11 is 6.81. The van der Waals surface area contributed by atoms with Gasteiger partial charge in [-0.2, -0.15) is 0 Å². The minimum Gasteiger partial charge on any atom is -0.489 e. The van der Waals surface area contributed by atoms with Gasteiger partial charge in [0.05, 0.1) is 11.7 Å². The van der Waals surface area contributed by atoms with Gasteiger partial charge in [0.2, 0.25) is 5.91 Å². The molecule has 0 radical (unpaired) electrons. The lowest BCUT2D eigenvalue weighted by Crippen LogP contribution is -2.58. The standard InChI is InChI=1S/C26H29ClFN5O3/c1-4-20(34)31-11-12-33-17(13-31)14-36-24-21(26(33)35)25(32-10-9-29-15(2)16(32)3)30-23(22(24)27)18-7-5-6-8-19(18)28/h4-8,15-17,29H,1,9-14H2,2-3H3/t15?,16?,17-/m1/s1. The molecular formula is C26H29ClFN5O3. The highest BCUT2D eigenvalue weighted by molar-refractivity contribution is 6.35. The molecule has 1 aromatic heterocycles. The van der Waals surface area contributed by atoms with Gasteiger partial charge in [0, 0.05) is 50.4 Å². The number of carbonyl (C=O) groups is 2. The SMILES string of the molecule is C=CC(=O)N1CCN2C(=O)c3c(N4CCNC(C)C4C)nc(-c4ccccc4F)c(Cl)c3OC[C@H]2C1. The molecule has 36 heavy (non-hydrogen) atoms. The number of hydrogen-bond donors (Lipinski definition) is 1. The number of nitrogens with zero attached hydrogens (tertiary/aromatic N) is 4. The zero-order chi connectivity index (χ0) is 25.6. The normalized spacial score (nSPS) is 23.9. The number of nitrogens with one attached hydrogen (secondary N) is 1. The molecule has 10 heteroatoms. The van der Waals surface area contributed by atoms with Gasteiger partial charge in [-0.1, -0.05) is 30.3 Å². The van der Waals surface area contributed by atoms with E-state index in [4.69, 9.17) is 21.3 Å². The number of ether oxygens (including phenoxy) is 1. The molecular weight excluding hydrogens is 485 g/mol. The van der Waals surface area contributed by atoms with Crippen molar-refractivity contribution in [2.45, 2.75) is 32.0 Å². The van der Waals surface area contributed by atoms with E-state index in [0.29, 0.717) is 38.5 Å². The maximum Gasteiger partial charge on any atom is 0.261 e. The van der Waals surface area contributed by atoms with E-state index in [9.17, 15) is 14.0 Å². The molecule has 4 heterocycles. The van der Waals surface area contributed by atoms with Crippen LogP contribution in [0, 0.1) is 5.82 Å². The Kier molecular flexibility index (Phi) is 6.61. The van der Waals surface area contributed by atoms with E-state index >= 15 is 0 Å². The van der Waals surface area contributed by atoms with Crippen LogP contribution in [-0.4, -0.2) is 84.1 Å². The van der Waals surface area contributed by atoms with Crippen molar-refractivity contribution in [3.8, 4) is 17.0 Å². The summed E-state index contributed by atoms with van der Waals surface area (Å²) in [6.07, 6.45) is 1.27. The highest BCUT2D eigenvalue weighted by Gasteiger charge is 2.41. The third-order valence-electron chi connectivity index (χ3n) is 7.37. The zero-order valence-corrected chi connectivity index (χ0v) is 21.1. The first-order chi connectivity index (χ1) is 17.3. The fourth-order valence-corrected chi connectivity index (χ4v) is 5.46. The predicted molar refractivity (Wildman–Crippen MR) is 136 cm³/mol. The van der Waals surface area contributed by atoms with Gasteiger partial charge in [0.25, 0.3) is 5.91 Å². The van der Waals surface area contributed by atoms with Gasteiger partial charge < -0.3 is 24.8 Å². The first-order valence-corrected chi connectivity index (χ1v) is 12.5. The van der Waals surface area contributed by atoms with Crippen LogP contribution in [0.4, 0.5) is 10.2 Å². The van der Waals surface area contributed by atoms with E-state index in [1.54, 1.807) is 28.0 Å². The molecule has 3 atom stereocenters. The smallest absolute Gasteiger partial charge is 0.261 e. The quantitative estimate of drug-likeness (QED) is 0.636. The van der Waals surface area contributed by atoms with Crippen LogP contribution in [0.1, 0.15) is 24.2 Å². The van der Waals surface area contributed by atoms with Crippen molar-refractivity contribution < 1.29 is 18.7 Å². The van der Waals surface area contributed by atoms with Crippen molar-refractivity contribution in [3.05, 3.63) is 53.3 Å². The van der Waals surface area contributed by atoms with Gasteiger partial charge in [-0.25, -0.2) is 9.37 Å². The summed E-state index contributed by atoms with van der Waals surface area (Å²) < 4.78 is 21.1. The molecule has 3 aliphatic heterocycles. The Hall–Kier alpha value is -3.17. The maximum absolute atomic E-state index is 14.9. The molecule has 2 unspecified atom stereocenters. The van der Waals surface area contributed by atoms with E-state index in [1.807, 2.05) is 0 Å². The number of carbonyl (C=O) groups excluding carboxylic acids is 2. The molecule has 0 aliphatic carbocycles. The first-order valence-electron chi connectivity index (χ1n) is 12.1. The summed E-state index contributed by atoms with van der Waals surface area (Å²) in [5, 5.41) is 3.54. The average molecular weight is 514 g/mol. The van der Waals surface area contributed by atoms with E-state index in [0.717, 1.165) is 0 Å². The van der Waals surface area contributed by atoms with E-state index in [-0.39, 0.29) is 64.1 Å². The fourth-order valence-electron chi connectivity index (χ4n) is 5.17. The molecule has 0 saturated carbocycles. The highest BCUT2D eigenvalue weighted by atomic mass is 35.5. The largest absolute Gasteiger partial charge is 0.489 e. The van der Waals surface area contributed by atoms with Crippen molar-refractivity contribution >= 4 is 29.2 Å². The van der Waals surface area contributed by atoms with E-state index < -0.39 is 5.82 Å². The Balaban J connectivity index is 1.66. The molecule has 2 saturated heterocycles. The van der Waals surface area contributed by atoms with Crippen LogP contribution in [0.15, 0.2) is 36.9 Å². The van der Waals surface area contributed by atoms with Gasteiger partial charge in [0.15, 0.2) is 5.75 Å². The molecule has 8 nitrogen and oxygen atoms in total. The summed E-state index contributed by atoms with van der Waals surface area (Å²) in [5.74, 6) is -0.255. The van der Waals surface area contributed by atoms with Crippen LogP contribution in [0.2, 0.25) is 5.02 Å². The van der Waals surface area contributed by atoms with E-state index in [2.05, 4.69) is 30.6 Å². The Morgan fingerprint density at radius 2 is 2.03 bits per heavy atom. The molecule has 1 N–H and O–H groups in total. The molecule has 3 aliphatic rings. The van der Waals surface area contributed by atoms with Gasteiger partial charge in [-0.3, -0.25) is 9.59 Å². The van der Waals surface area contributed by atoms with Crippen LogP contribution in [0.25, 0.3) is 11.3 Å². The molecule has 0 bridgehead atoms. The summed E-state index contributed by atoms with van der Waals surface area (Å²) in [7, 11) is 0. The summed E-state index contributed by atoms with van der Waals surface area (Å²) in [5.41, 5.74) is 0.758. The monoisotopic (exact) mass is 513 g/mol. The van der Waals surface area contributed by atoms with Crippen LogP contribution in [0.3, 0.4) is 0 Å². The van der Waals surface area contributed by atoms with Crippen LogP contribution in [-0.2, 0) is 4.79 Å². The summed E-state index contributed by atoms with van der Waals surface area (Å²) in [6.45, 7) is 10.2. The number of aromatic nitrogens is 1. The second-order valence-corrected chi connectivity index (χ2v) is 9.79. The van der Waals surface area contributed by atoms with E-state index in [1.165, 1.54) is 12.1 Å². The van der Waals surface area contributed by atoms with Gasteiger partial charge >= 0.3 is 0 Å². The average Bonchev–Trinajstić information content (AvgIpc) is 3.03.